The molecule has 2 heterocycles. The maximum atomic E-state index is 10.5. The van der Waals surface area contributed by atoms with E-state index in [4.69, 9.17) is 9.47 Å². The topological polar surface area (TPSA) is 71.1 Å². The molecule has 2 aliphatic rings. The van der Waals surface area contributed by atoms with Gasteiger partial charge in [-0.1, -0.05) is 0 Å². The lowest BCUT2D eigenvalue weighted by atomic mass is 9.66. The molecule has 2 atom stereocenters. The second-order valence-corrected chi connectivity index (χ2v) is 2.63. The van der Waals surface area contributed by atoms with Gasteiger partial charge in [0.2, 0.25) is 7.28 Å². The minimum atomic E-state index is -0.702. The van der Waals surface area contributed by atoms with Crippen LogP contribution < -0.4 is 0 Å². The summed E-state index contributed by atoms with van der Waals surface area (Å²) in [5.41, 5.74) is 0. The van der Waals surface area contributed by atoms with Gasteiger partial charge >= 0.3 is 12.3 Å². The summed E-state index contributed by atoms with van der Waals surface area (Å²) in [4.78, 5) is 21.0. The van der Waals surface area contributed by atoms with Crippen molar-refractivity contribution < 1.29 is 28.5 Å². The molecule has 6 nitrogen and oxygen atoms in total. The van der Waals surface area contributed by atoms with Crippen LogP contribution in [-0.2, 0) is 18.9 Å². The molecule has 1 radical (unpaired) electrons. The van der Waals surface area contributed by atoms with E-state index in [0.29, 0.717) is 0 Å². The van der Waals surface area contributed by atoms with E-state index in [2.05, 4.69) is 9.47 Å². The van der Waals surface area contributed by atoms with Gasteiger partial charge in [0.05, 0.1) is 0 Å². The van der Waals surface area contributed by atoms with Gasteiger partial charge in [-0.3, -0.25) is 0 Å². The Kier molecular flexibility index (Phi) is 1.99. The molecule has 0 N–H and O–H groups in total. The van der Waals surface area contributed by atoms with Crippen LogP contribution in [0.15, 0.2) is 0 Å². The molecule has 2 fully saturated rings. The van der Waals surface area contributed by atoms with Gasteiger partial charge in [-0.2, -0.15) is 0 Å². The van der Waals surface area contributed by atoms with Gasteiger partial charge in [-0.15, -0.1) is 0 Å². The fourth-order valence-electron chi connectivity index (χ4n) is 1.11. The van der Waals surface area contributed by atoms with Crippen LogP contribution in [0.3, 0.4) is 0 Å². The Morgan fingerprint density at radius 2 is 1.46 bits per heavy atom. The molecule has 7 heteroatoms. The van der Waals surface area contributed by atoms with Crippen molar-refractivity contribution >= 4 is 19.6 Å². The number of ether oxygens (including phenoxy) is 4. The van der Waals surface area contributed by atoms with Gasteiger partial charge in [-0.05, 0) is 0 Å². The van der Waals surface area contributed by atoms with Crippen molar-refractivity contribution in [1.82, 2.24) is 0 Å². The third kappa shape index (κ3) is 1.85. The summed E-state index contributed by atoms with van der Waals surface area (Å²) in [5, 5.41) is 0. The summed E-state index contributed by atoms with van der Waals surface area (Å²) < 4.78 is 18.4. The van der Waals surface area contributed by atoms with E-state index >= 15 is 0 Å². The van der Waals surface area contributed by atoms with E-state index in [-0.39, 0.29) is 13.2 Å². The van der Waals surface area contributed by atoms with Gasteiger partial charge < -0.3 is 18.9 Å². The Hall–Kier alpha value is -1.40. The van der Waals surface area contributed by atoms with Gasteiger partial charge in [-0.25, -0.2) is 9.59 Å². The first-order chi connectivity index (χ1) is 6.24. The first kappa shape index (κ1) is 8.21. The zero-order valence-electron chi connectivity index (χ0n) is 6.60. The summed E-state index contributed by atoms with van der Waals surface area (Å²) in [7, 11) is 1.57. The van der Waals surface area contributed by atoms with Crippen LogP contribution in [0.25, 0.3) is 0 Å². The molecule has 0 bridgehead atoms. The van der Waals surface area contributed by atoms with Crippen molar-refractivity contribution in [3.05, 3.63) is 0 Å². The number of carbonyl (C=O) groups excluding carboxylic acids is 2. The van der Waals surface area contributed by atoms with E-state index in [9.17, 15) is 9.59 Å². The first-order valence-electron chi connectivity index (χ1n) is 3.76. The van der Waals surface area contributed by atoms with Gasteiger partial charge in [0.1, 0.15) is 25.2 Å². The fourth-order valence-corrected chi connectivity index (χ4v) is 1.11. The molecule has 2 aliphatic heterocycles. The van der Waals surface area contributed by atoms with Crippen LogP contribution >= 0.6 is 0 Å². The molecule has 0 aliphatic carbocycles. The maximum absolute atomic E-state index is 10.5. The lowest BCUT2D eigenvalue weighted by Gasteiger charge is -2.07. The normalized spacial score (nSPS) is 31.7. The molecule has 69 valence electrons. The lowest BCUT2D eigenvalue weighted by Crippen LogP contribution is -2.32. The quantitative estimate of drug-likeness (QED) is 0.433. The van der Waals surface area contributed by atoms with Crippen LogP contribution in [0.1, 0.15) is 0 Å². The molecule has 0 saturated carbocycles. The van der Waals surface area contributed by atoms with E-state index in [0.717, 1.165) is 0 Å². The molecule has 2 unspecified atom stereocenters. The van der Waals surface area contributed by atoms with Gasteiger partial charge in [0.25, 0.3) is 0 Å². The zero-order valence-corrected chi connectivity index (χ0v) is 6.60. The van der Waals surface area contributed by atoms with E-state index in [1.54, 1.807) is 7.28 Å². The third-order valence-corrected chi connectivity index (χ3v) is 1.66. The molecule has 13 heavy (non-hydrogen) atoms. The summed E-state index contributed by atoms with van der Waals surface area (Å²) in [5.74, 6) is 0. The van der Waals surface area contributed by atoms with Crippen LogP contribution in [0, 0.1) is 0 Å². The second-order valence-electron chi connectivity index (χ2n) is 2.63. The highest BCUT2D eigenvalue weighted by atomic mass is 16.8. The highest BCUT2D eigenvalue weighted by molar-refractivity contribution is 6.40. The zero-order chi connectivity index (χ0) is 9.26. The minimum absolute atomic E-state index is 0.160. The Balaban J connectivity index is 1.78. The Morgan fingerprint density at radius 3 is 1.77 bits per heavy atom. The Morgan fingerprint density at radius 1 is 1.00 bits per heavy atom. The van der Waals surface area contributed by atoms with Crippen LogP contribution in [-0.4, -0.2) is 44.8 Å². The van der Waals surface area contributed by atoms with Crippen LogP contribution in [0.4, 0.5) is 9.59 Å². The third-order valence-electron chi connectivity index (χ3n) is 1.66. The van der Waals surface area contributed by atoms with Gasteiger partial charge in [0, 0.05) is 0 Å². The Labute approximate surface area is 74.3 Å². The largest absolute Gasteiger partial charge is 0.507 e. The summed E-state index contributed by atoms with van der Waals surface area (Å²) in [6.45, 7) is 0.319. The summed E-state index contributed by atoms with van der Waals surface area (Å²) >= 11 is 0. The molecule has 2 saturated heterocycles. The smallest absolute Gasteiger partial charge is 0.437 e. The van der Waals surface area contributed by atoms with Crippen LogP contribution in [0.2, 0.25) is 0 Å². The molecule has 2 rings (SSSR count). The average Bonchev–Trinajstić information content (AvgIpc) is 2.62. The molecule has 0 spiro atoms. The second kappa shape index (κ2) is 3.16. The van der Waals surface area contributed by atoms with E-state index in [1.165, 1.54) is 0 Å². The fraction of sp³-hybridized carbons (Fsp3) is 0.667. The predicted molar refractivity (Wildman–Crippen MR) is 38.2 cm³/mol. The number of carbonyl (C=O) groups is 2. The first-order valence-corrected chi connectivity index (χ1v) is 3.76. The molecule has 0 aromatic heterocycles. The lowest BCUT2D eigenvalue weighted by molar-refractivity contribution is 0.125. The predicted octanol–water partition coefficient (Wildman–Crippen LogP) is -0.324. The monoisotopic (exact) mass is 185 g/mol. The van der Waals surface area contributed by atoms with E-state index < -0.39 is 24.3 Å². The molecular formula is C6H6BO6. The molecule has 0 amide bonds. The number of hydrogen-bond donors (Lipinski definition) is 0. The summed E-state index contributed by atoms with van der Waals surface area (Å²) in [6.07, 6.45) is -1.40. The molecule has 0 aromatic carbocycles. The standard InChI is InChI=1S/C6H6BO6/c8-5-10-1-3(12-5)7-4-2-11-6(9)13-4/h3-4H,1-2H2. The summed E-state index contributed by atoms with van der Waals surface area (Å²) in [6, 6.07) is -0.904. The van der Waals surface area contributed by atoms with Crippen LogP contribution in [0.5, 0.6) is 0 Å². The highest BCUT2D eigenvalue weighted by Gasteiger charge is 2.34. The number of cyclic esters (lactones) is 4. The van der Waals surface area contributed by atoms with E-state index in [1.807, 2.05) is 0 Å². The van der Waals surface area contributed by atoms with Crippen molar-refractivity contribution in [2.24, 2.45) is 0 Å². The van der Waals surface area contributed by atoms with Crippen molar-refractivity contribution in [1.29, 1.82) is 0 Å². The minimum Gasteiger partial charge on any atom is -0.437 e. The van der Waals surface area contributed by atoms with Crippen molar-refractivity contribution in [3.8, 4) is 0 Å². The van der Waals surface area contributed by atoms with Gasteiger partial charge in [0.15, 0.2) is 0 Å². The highest BCUT2D eigenvalue weighted by Crippen LogP contribution is 2.11. The van der Waals surface area contributed by atoms with Crippen molar-refractivity contribution in [2.75, 3.05) is 13.2 Å². The number of hydrogen-bond acceptors (Lipinski definition) is 6. The Bertz CT molecular complexity index is 217. The average molecular weight is 185 g/mol. The van der Waals surface area contributed by atoms with Crippen molar-refractivity contribution in [3.63, 3.8) is 0 Å². The SMILES string of the molecule is O=C1OCC([B]C2COC(=O)O2)O1. The maximum Gasteiger partial charge on any atom is 0.507 e. The van der Waals surface area contributed by atoms with Crippen molar-refractivity contribution in [2.45, 2.75) is 12.0 Å². The molecule has 0 aromatic rings. The molecular weight excluding hydrogens is 179 g/mol. The number of rotatable bonds is 2.